The second-order valence-corrected chi connectivity index (χ2v) is 6.42. The molecule has 0 amide bonds. The maximum Gasteiger partial charge on any atom is 0.0531 e. The molecule has 0 nitrogen and oxygen atoms in total. The van der Waals surface area contributed by atoms with Crippen molar-refractivity contribution < 1.29 is 0 Å². The van der Waals surface area contributed by atoms with Crippen LogP contribution in [0.3, 0.4) is 0 Å². The van der Waals surface area contributed by atoms with E-state index in [4.69, 9.17) is 0 Å². The minimum Gasteiger partial charge on any atom is -0.0881 e. The van der Waals surface area contributed by atoms with E-state index >= 15 is 0 Å². The second-order valence-electron chi connectivity index (χ2n) is 2.93. The van der Waals surface area contributed by atoms with Crippen molar-refractivity contribution in [3.05, 3.63) is 35.9 Å². The number of alkyl halides is 3. The summed E-state index contributed by atoms with van der Waals surface area (Å²) >= 11 is 10.9. The molecule has 0 fully saturated rings. The Morgan fingerprint density at radius 1 is 1.00 bits per heavy atom. The minimum atomic E-state index is 0.350. The van der Waals surface area contributed by atoms with Crippen molar-refractivity contribution in [1.82, 2.24) is 0 Å². The Kier molecular flexibility index (Phi) is 4.98. The van der Waals surface area contributed by atoms with E-state index in [1.165, 1.54) is 5.56 Å². The Bertz CT molecular complexity index is 246. The Hall–Kier alpha value is 0.660. The molecule has 0 bridgehead atoms. The highest BCUT2D eigenvalue weighted by molar-refractivity contribution is 9.13. The molecule has 0 spiro atoms. The predicted octanol–water partition coefficient (Wildman–Crippen LogP) is 4.67. The van der Waals surface area contributed by atoms with Crippen molar-refractivity contribution in [3.8, 4) is 0 Å². The van der Waals surface area contributed by atoms with Crippen LogP contribution in [0, 0.1) is 0 Å². The first kappa shape index (κ1) is 11.7. The first-order chi connectivity index (χ1) is 6.13. The summed E-state index contributed by atoms with van der Waals surface area (Å²) in [5.74, 6) is 0. The zero-order chi connectivity index (χ0) is 9.84. The monoisotopic (exact) mass is 368 g/mol. The number of benzene rings is 1. The summed E-state index contributed by atoms with van der Waals surface area (Å²) in [4.78, 5) is 1.19. The fraction of sp³-hybridized carbons (Fsp3) is 0.400. The van der Waals surface area contributed by atoms with Crippen LogP contribution in [0.1, 0.15) is 17.3 Å². The summed E-state index contributed by atoms with van der Waals surface area (Å²) in [6.45, 7) is 2.14. The van der Waals surface area contributed by atoms with Gasteiger partial charge in [0.15, 0.2) is 0 Å². The quantitative estimate of drug-likeness (QED) is 0.678. The van der Waals surface area contributed by atoms with E-state index in [1.54, 1.807) is 0 Å². The summed E-state index contributed by atoms with van der Waals surface area (Å²) in [7, 11) is 0. The molecule has 0 N–H and O–H groups in total. The van der Waals surface area contributed by atoms with Gasteiger partial charge in [0.1, 0.15) is 0 Å². The van der Waals surface area contributed by atoms with Gasteiger partial charge in [-0.1, -0.05) is 85.0 Å². The van der Waals surface area contributed by atoms with E-state index < -0.39 is 0 Å². The highest BCUT2D eigenvalue weighted by atomic mass is 79.9. The van der Waals surface area contributed by atoms with Crippen molar-refractivity contribution in [2.24, 2.45) is 0 Å². The van der Waals surface area contributed by atoms with Crippen LogP contribution in [0.4, 0.5) is 0 Å². The van der Waals surface area contributed by atoms with E-state index in [2.05, 4.69) is 79.0 Å². The van der Waals surface area contributed by atoms with Crippen LogP contribution in [0.15, 0.2) is 30.3 Å². The number of hydrogen-bond acceptors (Lipinski definition) is 0. The number of rotatable bonds is 3. The zero-order valence-corrected chi connectivity index (χ0v) is 12.0. The lowest BCUT2D eigenvalue weighted by atomic mass is 10.1. The van der Waals surface area contributed by atoms with Gasteiger partial charge in [0, 0.05) is 9.65 Å². The normalized spacial score (nSPS) is 17.8. The van der Waals surface area contributed by atoms with Gasteiger partial charge in [0.05, 0.1) is 4.83 Å². The van der Waals surface area contributed by atoms with Gasteiger partial charge in [0.25, 0.3) is 0 Å². The van der Waals surface area contributed by atoms with Crippen molar-refractivity contribution in [1.29, 1.82) is 0 Å². The average molecular weight is 371 g/mol. The highest BCUT2D eigenvalue weighted by Gasteiger charge is 2.21. The van der Waals surface area contributed by atoms with Crippen LogP contribution in [-0.2, 0) is 0 Å². The Morgan fingerprint density at radius 3 is 2.00 bits per heavy atom. The van der Waals surface area contributed by atoms with Crippen LogP contribution in [0.5, 0.6) is 0 Å². The molecule has 72 valence electrons. The van der Waals surface area contributed by atoms with Gasteiger partial charge in [-0.05, 0) is 5.56 Å². The third-order valence-electron chi connectivity index (χ3n) is 1.84. The van der Waals surface area contributed by atoms with Crippen molar-refractivity contribution in [2.75, 3.05) is 0 Å². The maximum absolute atomic E-state index is 3.68. The molecular weight excluding hydrogens is 360 g/mol. The molecular formula is C10H11Br3. The van der Waals surface area contributed by atoms with Crippen molar-refractivity contribution >= 4 is 47.8 Å². The third kappa shape index (κ3) is 3.37. The van der Waals surface area contributed by atoms with E-state index in [9.17, 15) is 0 Å². The highest BCUT2D eigenvalue weighted by Crippen LogP contribution is 2.35. The van der Waals surface area contributed by atoms with Crippen LogP contribution >= 0.6 is 47.8 Å². The molecule has 0 saturated carbocycles. The predicted molar refractivity (Wildman–Crippen MR) is 69.2 cm³/mol. The molecule has 0 saturated heterocycles. The Balaban J connectivity index is 2.73. The summed E-state index contributed by atoms with van der Waals surface area (Å²) in [5.41, 5.74) is 1.30. The maximum atomic E-state index is 3.68. The van der Waals surface area contributed by atoms with E-state index in [0.717, 1.165) is 0 Å². The molecule has 13 heavy (non-hydrogen) atoms. The van der Waals surface area contributed by atoms with Gasteiger partial charge in [-0.3, -0.25) is 0 Å². The minimum absolute atomic E-state index is 0.350. The molecule has 0 aromatic heterocycles. The molecule has 3 unspecified atom stereocenters. The van der Waals surface area contributed by atoms with Gasteiger partial charge in [-0.15, -0.1) is 0 Å². The molecule has 0 heterocycles. The van der Waals surface area contributed by atoms with Gasteiger partial charge < -0.3 is 0 Å². The first-order valence-corrected chi connectivity index (χ1v) is 6.85. The zero-order valence-electron chi connectivity index (χ0n) is 7.25. The lowest BCUT2D eigenvalue weighted by Crippen LogP contribution is -2.15. The van der Waals surface area contributed by atoms with Crippen molar-refractivity contribution in [2.45, 2.75) is 21.4 Å². The first-order valence-electron chi connectivity index (χ1n) is 4.10. The molecule has 0 aliphatic carbocycles. The summed E-state index contributed by atoms with van der Waals surface area (Å²) < 4.78 is 0. The van der Waals surface area contributed by atoms with Gasteiger partial charge >= 0.3 is 0 Å². The SMILES string of the molecule is CC(Br)C(Br)C(Br)c1ccccc1. The summed E-state index contributed by atoms with van der Waals surface area (Å²) in [6, 6.07) is 10.4. The van der Waals surface area contributed by atoms with Gasteiger partial charge in [-0.2, -0.15) is 0 Å². The molecule has 0 aliphatic rings. The largest absolute Gasteiger partial charge is 0.0881 e. The molecule has 0 aliphatic heterocycles. The Labute approximate surface area is 104 Å². The van der Waals surface area contributed by atoms with Gasteiger partial charge in [-0.25, -0.2) is 0 Å². The molecule has 1 aromatic carbocycles. The smallest absolute Gasteiger partial charge is 0.0531 e. The molecule has 0 radical (unpaired) electrons. The van der Waals surface area contributed by atoms with E-state index in [0.29, 0.717) is 14.5 Å². The second kappa shape index (κ2) is 5.52. The average Bonchev–Trinajstić information content (AvgIpc) is 2.17. The van der Waals surface area contributed by atoms with Crippen LogP contribution in [0.25, 0.3) is 0 Å². The summed E-state index contributed by atoms with van der Waals surface area (Å²) in [6.07, 6.45) is 0. The van der Waals surface area contributed by atoms with Crippen molar-refractivity contribution in [3.63, 3.8) is 0 Å². The van der Waals surface area contributed by atoms with E-state index in [-0.39, 0.29) is 0 Å². The van der Waals surface area contributed by atoms with Crippen LogP contribution in [-0.4, -0.2) is 9.65 Å². The van der Waals surface area contributed by atoms with Crippen LogP contribution < -0.4 is 0 Å². The lowest BCUT2D eigenvalue weighted by molar-refractivity contribution is 0.849. The molecule has 3 heteroatoms. The number of halogens is 3. The molecule has 1 rings (SSSR count). The standard InChI is InChI=1S/C10H11Br3/c1-7(11)9(12)10(13)8-5-3-2-4-6-8/h2-7,9-10H,1H3. The van der Waals surface area contributed by atoms with Gasteiger partial charge in [0.2, 0.25) is 0 Å². The Morgan fingerprint density at radius 2 is 1.54 bits per heavy atom. The molecule has 3 atom stereocenters. The van der Waals surface area contributed by atoms with E-state index in [1.807, 2.05) is 6.07 Å². The third-order valence-corrected chi connectivity index (χ3v) is 6.24. The fourth-order valence-electron chi connectivity index (χ4n) is 1.05. The topological polar surface area (TPSA) is 0 Å². The molecule has 1 aromatic rings. The summed E-state index contributed by atoms with van der Waals surface area (Å²) in [5, 5.41) is 0. The lowest BCUT2D eigenvalue weighted by Gasteiger charge is -2.19. The number of hydrogen-bond donors (Lipinski definition) is 0. The van der Waals surface area contributed by atoms with Crippen LogP contribution in [0.2, 0.25) is 0 Å². The fourth-order valence-corrected chi connectivity index (χ4v) is 2.84.